The van der Waals surface area contributed by atoms with E-state index in [0.29, 0.717) is 30.8 Å². The molecule has 1 aromatic carbocycles. The Morgan fingerprint density at radius 2 is 1.97 bits per heavy atom. The molecule has 166 valence electrons. The van der Waals surface area contributed by atoms with Crippen molar-refractivity contribution in [3.8, 4) is 0 Å². The lowest BCUT2D eigenvalue weighted by Crippen LogP contribution is -2.38. The van der Waals surface area contributed by atoms with Gasteiger partial charge in [-0.1, -0.05) is 18.2 Å². The number of hydrogen-bond acceptors (Lipinski definition) is 6. The number of ether oxygens (including phenoxy) is 1. The van der Waals surface area contributed by atoms with Crippen LogP contribution in [0.1, 0.15) is 34.6 Å². The maximum absolute atomic E-state index is 12.9. The van der Waals surface area contributed by atoms with Gasteiger partial charge in [-0.3, -0.25) is 4.79 Å². The van der Waals surface area contributed by atoms with E-state index in [4.69, 9.17) is 14.7 Å². The van der Waals surface area contributed by atoms with Crippen molar-refractivity contribution in [3.63, 3.8) is 0 Å². The van der Waals surface area contributed by atoms with E-state index >= 15 is 0 Å². The maximum Gasteiger partial charge on any atom is 0.270 e. The van der Waals surface area contributed by atoms with E-state index in [2.05, 4.69) is 44.4 Å². The predicted octanol–water partition coefficient (Wildman–Crippen LogP) is 2.50. The minimum Gasteiger partial charge on any atom is -0.378 e. The van der Waals surface area contributed by atoms with Gasteiger partial charge < -0.3 is 24.8 Å². The van der Waals surface area contributed by atoms with Crippen LogP contribution in [0.4, 0.5) is 11.8 Å². The normalized spacial score (nSPS) is 18.6. The van der Waals surface area contributed by atoms with Crippen LogP contribution in [0, 0.1) is 5.92 Å². The molecule has 1 amide bonds. The van der Waals surface area contributed by atoms with Crippen molar-refractivity contribution in [3.05, 3.63) is 47.3 Å². The first kappa shape index (κ1) is 19.5. The van der Waals surface area contributed by atoms with Crippen LogP contribution in [0.5, 0.6) is 0 Å². The zero-order valence-corrected chi connectivity index (χ0v) is 18.1. The SMILES string of the molecule is O=C(NCC1CC1)c1cc(N2CCOCC2)nc(N2CCc3[nH]c4ccccc4c3C2)n1. The lowest BCUT2D eigenvalue weighted by Gasteiger charge is -2.31. The van der Waals surface area contributed by atoms with Gasteiger partial charge in [0, 0.05) is 67.4 Å². The molecule has 2 fully saturated rings. The Balaban J connectivity index is 1.32. The van der Waals surface area contributed by atoms with Crippen LogP contribution in [0.2, 0.25) is 0 Å². The van der Waals surface area contributed by atoms with Crippen molar-refractivity contribution in [1.29, 1.82) is 0 Å². The van der Waals surface area contributed by atoms with Gasteiger partial charge in [-0.05, 0) is 24.8 Å². The highest BCUT2D eigenvalue weighted by atomic mass is 16.5. The molecule has 3 aliphatic rings. The third-order valence-corrected chi connectivity index (χ3v) is 6.68. The fraction of sp³-hybridized carbons (Fsp3) is 0.458. The summed E-state index contributed by atoms with van der Waals surface area (Å²) < 4.78 is 5.51. The molecule has 32 heavy (non-hydrogen) atoms. The number of nitrogens with zero attached hydrogens (tertiary/aromatic N) is 4. The second-order valence-electron chi connectivity index (χ2n) is 8.96. The van der Waals surface area contributed by atoms with Crippen molar-refractivity contribution in [2.24, 2.45) is 5.92 Å². The number of carbonyl (C=O) groups is 1. The van der Waals surface area contributed by atoms with Crippen LogP contribution < -0.4 is 15.1 Å². The molecule has 0 unspecified atom stereocenters. The maximum atomic E-state index is 12.9. The van der Waals surface area contributed by atoms with Crippen molar-refractivity contribution in [1.82, 2.24) is 20.3 Å². The van der Waals surface area contributed by atoms with E-state index in [0.717, 1.165) is 45.0 Å². The van der Waals surface area contributed by atoms with E-state index in [1.807, 2.05) is 6.07 Å². The summed E-state index contributed by atoms with van der Waals surface area (Å²) in [5.74, 6) is 1.95. The van der Waals surface area contributed by atoms with E-state index in [9.17, 15) is 4.79 Å². The average Bonchev–Trinajstić information content (AvgIpc) is 3.61. The molecule has 4 heterocycles. The second kappa shape index (κ2) is 8.09. The summed E-state index contributed by atoms with van der Waals surface area (Å²) in [6, 6.07) is 10.3. The second-order valence-corrected chi connectivity index (χ2v) is 8.96. The highest BCUT2D eigenvalue weighted by molar-refractivity contribution is 5.93. The number of H-pyrrole nitrogens is 1. The summed E-state index contributed by atoms with van der Waals surface area (Å²) in [7, 11) is 0. The number of aromatic nitrogens is 3. The molecule has 0 spiro atoms. The fourth-order valence-electron chi connectivity index (χ4n) is 4.62. The standard InChI is InChI=1S/C24H28N6O2/c31-23(25-14-16-5-6-16)21-13-22(29-9-11-32-12-10-29)28-24(27-21)30-8-7-20-18(15-30)17-3-1-2-4-19(17)26-20/h1-4,13,16,26H,5-12,14-15H2,(H,25,31). The first-order valence-electron chi connectivity index (χ1n) is 11.6. The third kappa shape index (κ3) is 3.79. The fourth-order valence-corrected chi connectivity index (χ4v) is 4.62. The van der Waals surface area contributed by atoms with Gasteiger partial charge in [0.05, 0.1) is 13.2 Å². The summed E-state index contributed by atoms with van der Waals surface area (Å²) in [6.07, 6.45) is 3.31. The molecule has 3 aromatic rings. The molecule has 0 atom stereocenters. The van der Waals surface area contributed by atoms with Crippen LogP contribution in [0.3, 0.4) is 0 Å². The minimum absolute atomic E-state index is 0.111. The van der Waals surface area contributed by atoms with Gasteiger partial charge in [-0.2, -0.15) is 4.98 Å². The Morgan fingerprint density at radius 3 is 2.81 bits per heavy atom. The van der Waals surface area contributed by atoms with Gasteiger partial charge in [0.15, 0.2) is 0 Å². The first-order chi connectivity index (χ1) is 15.7. The molecule has 8 heteroatoms. The molecule has 2 aromatic heterocycles. The topological polar surface area (TPSA) is 86.4 Å². The number of amides is 1. The van der Waals surface area contributed by atoms with Crippen molar-refractivity contribution in [2.45, 2.75) is 25.8 Å². The highest BCUT2D eigenvalue weighted by Crippen LogP contribution is 2.30. The van der Waals surface area contributed by atoms with Crippen molar-refractivity contribution < 1.29 is 9.53 Å². The number of carbonyl (C=O) groups excluding carboxylic acids is 1. The Labute approximate surface area is 187 Å². The monoisotopic (exact) mass is 432 g/mol. The van der Waals surface area contributed by atoms with Gasteiger partial charge in [-0.15, -0.1) is 0 Å². The Kier molecular flexibility index (Phi) is 4.94. The summed E-state index contributed by atoms with van der Waals surface area (Å²) in [5.41, 5.74) is 4.20. The van der Waals surface area contributed by atoms with Crippen molar-refractivity contribution in [2.75, 3.05) is 49.2 Å². The molecule has 0 radical (unpaired) electrons. The Morgan fingerprint density at radius 1 is 1.12 bits per heavy atom. The van der Waals surface area contributed by atoms with E-state index in [-0.39, 0.29) is 5.91 Å². The molecule has 2 N–H and O–H groups in total. The molecule has 2 aliphatic heterocycles. The summed E-state index contributed by atoms with van der Waals surface area (Å²) in [6.45, 7) is 5.16. The van der Waals surface area contributed by atoms with Crippen molar-refractivity contribution >= 4 is 28.6 Å². The van der Waals surface area contributed by atoms with E-state index in [1.54, 1.807) is 0 Å². The Hall–Kier alpha value is -3.13. The van der Waals surface area contributed by atoms with E-state index < -0.39 is 0 Å². The number of benzene rings is 1. The smallest absolute Gasteiger partial charge is 0.270 e. The average molecular weight is 433 g/mol. The first-order valence-corrected chi connectivity index (χ1v) is 11.6. The molecule has 1 aliphatic carbocycles. The molecular formula is C24H28N6O2. The van der Waals surface area contributed by atoms with Crippen LogP contribution >= 0.6 is 0 Å². The minimum atomic E-state index is -0.111. The van der Waals surface area contributed by atoms with Crippen LogP contribution in [-0.2, 0) is 17.7 Å². The van der Waals surface area contributed by atoms with E-state index in [1.165, 1.54) is 35.0 Å². The number of rotatable bonds is 5. The molecule has 1 saturated carbocycles. The van der Waals surface area contributed by atoms with Crippen LogP contribution in [0.25, 0.3) is 10.9 Å². The van der Waals surface area contributed by atoms with Crippen LogP contribution in [-0.4, -0.2) is 60.3 Å². The quantitative estimate of drug-likeness (QED) is 0.644. The van der Waals surface area contributed by atoms with Gasteiger partial charge >= 0.3 is 0 Å². The lowest BCUT2D eigenvalue weighted by molar-refractivity contribution is 0.0946. The predicted molar refractivity (Wildman–Crippen MR) is 123 cm³/mol. The zero-order valence-electron chi connectivity index (χ0n) is 18.1. The highest BCUT2D eigenvalue weighted by Gasteiger charge is 2.26. The summed E-state index contributed by atoms with van der Waals surface area (Å²) in [4.78, 5) is 30.5. The molecule has 0 bridgehead atoms. The molecular weight excluding hydrogens is 404 g/mol. The van der Waals surface area contributed by atoms with Crippen LogP contribution in [0.15, 0.2) is 30.3 Å². The number of anilines is 2. The number of fused-ring (bicyclic) bond motifs is 3. The molecule has 8 nitrogen and oxygen atoms in total. The number of nitrogens with one attached hydrogen (secondary N) is 2. The molecule has 1 saturated heterocycles. The van der Waals surface area contributed by atoms with Gasteiger partial charge in [-0.25, -0.2) is 4.98 Å². The summed E-state index contributed by atoms with van der Waals surface area (Å²) in [5, 5.41) is 4.31. The number of aromatic amines is 1. The zero-order chi connectivity index (χ0) is 21.5. The third-order valence-electron chi connectivity index (χ3n) is 6.68. The Bertz CT molecular complexity index is 1150. The van der Waals surface area contributed by atoms with Gasteiger partial charge in [0.1, 0.15) is 11.5 Å². The number of hydrogen-bond donors (Lipinski definition) is 2. The lowest BCUT2D eigenvalue weighted by atomic mass is 10.0. The molecule has 6 rings (SSSR count). The summed E-state index contributed by atoms with van der Waals surface area (Å²) >= 11 is 0. The number of para-hydroxylation sites is 1. The number of morpholine rings is 1. The van der Waals surface area contributed by atoms with Gasteiger partial charge in [0.25, 0.3) is 5.91 Å². The van der Waals surface area contributed by atoms with Gasteiger partial charge in [0.2, 0.25) is 5.95 Å². The largest absolute Gasteiger partial charge is 0.378 e.